The third kappa shape index (κ3) is 5.06. The molecule has 1 heterocycles. The molecular formula is C21H18N4O2. The molecule has 1 aromatic heterocycles. The minimum atomic E-state index is -0.114. The first kappa shape index (κ1) is 18.0. The van der Waals surface area contributed by atoms with Gasteiger partial charge < -0.3 is 15.8 Å². The van der Waals surface area contributed by atoms with Crippen molar-refractivity contribution < 1.29 is 9.53 Å². The number of hydrogen-bond donors (Lipinski definition) is 2. The standard InChI is InChI=1S/C21H18N4O2/c1-27-19-5-3-2-4-17(19)12-20(26)25-18-10-8-15(9-11-18)6-7-16-13-23-21(22)24-14-16/h2-5,8-11,13-14H,12H2,1H3,(H,25,26)(H2,22,23,24). The van der Waals surface area contributed by atoms with Crippen LogP contribution in [0.2, 0.25) is 0 Å². The predicted octanol–water partition coefficient (Wildman–Crippen LogP) is 2.65. The summed E-state index contributed by atoms with van der Waals surface area (Å²) in [7, 11) is 1.59. The Kier molecular flexibility index (Phi) is 5.65. The van der Waals surface area contributed by atoms with Gasteiger partial charge in [-0.25, -0.2) is 9.97 Å². The van der Waals surface area contributed by atoms with Gasteiger partial charge in [0.15, 0.2) is 0 Å². The van der Waals surface area contributed by atoms with Crippen molar-refractivity contribution in [3.05, 3.63) is 77.6 Å². The van der Waals surface area contributed by atoms with Gasteiger partial charge in [-0.2, -0.15) is 0 Å². The molecule has 6 heteroatoms. The van der Waals surface area contributed by atoms with Crippen LogP contribution in [0, 0.1) is 11.8 Å². The molecule has 0 atom stereocenters. The third-order valence-electron chi connectivity index (χ3n) is 3.74. The number of aromatic nitrogens is 2. The molecule has 0 aliphatic heterocycles. The van der Waals surface area contributed by atoms with Gasteiger partial charge in [-0.1, -0.05) is 30.0 Å². The van der Waals surface area contributed by atoms with Gasteiger partial charge in [0, 0.05) is 29.2 Å². The molecule has 0 fully saturated rings. The van der Waals surface area contributed by atoms with E-state index in [1.807, 2.05) is 48.5 Å². The molecule has 0 unspecified atom stereocenters. The molecule has 27 heavy (non-hydrogen) atoms. The van der Waals surface area contributed by atoms with E-state index < -0.39 is 0 Å². The highest BCUT2D eigenvalue weighted by molar-refractivity contribution is 5.92. The number of amides is 1. The molecule has 0 spiro atoms. The van der Waals surface area contributed by atoms with Gasteiger partial charge >= 0.3 is 0 Å². The van der Waals surface area contributed by atoms with Crippen LogP contribution in [-0.4, -0.2) is 23.0 Å². The van der Waals surface area contributed by atoms with Crippen LogP contribution in [0.15, 0.2) is 60.9 Å². The molecular weight excluding hydrogens is 340 g/mol. The Bertz CT molecular complexity index is 987. The Morgan fingerprint density at radius 2 is 1.70 bits per heavy atom. The second kappa shape index (κ2) is 8.50. The second-order valence-corrected chi connectivity index (χ2v) is 5.69. The molecule has 1 amide bonds. The largest absolute Gasteiger partial charge is 0.496 e. The van der Waals surface area contributed by atoms with Crippen LogP contribution < -0.4 is 15.8 Å². The lowest BCUT2D eigenvalue weighted by atomic mass is 10.1. The molecule has 0 saturated heterocycles. The number of ether oxygens (including phenoxy) is 1. The fourth-order valence-corrected chi connectivity index (χ4v) is 2.41. The van der Waals surface area contributed by atoms with E-state index in [2.05, 4.69) is 27.1 Å². The topological polar surface area (TPSA) is 90.1 Å². The number of nitrogen functional groups attached to an aromatic ring is 1. The van der Waals surface area contributed by atoms with Crippen molar-refractivity contribution in [3.63, 3.8) is 0 Å². The Balaban J connectivity index is 1.62. The monoisotopic (exact) mass is 358 g/mol. The summed E-state index contributed by atoms with van der Waals surface area (Å²) < 4.78 is 5.27. The molecule has 0 bridgehead atoms. The average Bonchev–Trinajstić information content (AvgIpc) is 2.69. The number of benzene rings is 2. The summed E-state index contributed by atoms with van der Waals surface area (Å²) in [5.41, 5.74) is 8.48. The van der Waals surface area contributed by atoms with Gasteiger partial charge in [-0.05, 0) is 30.3 Å². The molecule has 3 aromatic rings. The summed E-state index contributed by atoms with van der Waals surface area (Å²) in [6, 6.07) is 14.8. The van der Waals surface area contributed by atoms with E-state index in [-0.39, 0.29) is 18.3 Å². The smallest absolute Gasteiger partial charge is 0.228 e. The number of anilines is 2. The number of carbonyl (C=O) groups is 1. The van der Waals surface area contributed by atoms with Crippen LogP contribution in [0.4, 0.5) is 11.6 Å². The molecule has 2 aromatic carbocycles. The van der Waals surface area contributed by atoms with Crippen LogP contribution >= 0.6 is 0 Å². The van der Waals surface area contributed by atoms with Crippen molar-refractivity contribution in [2.75, 3.05) is 18.2 Å². The number of nitrogens with zero attached hydrogens (tertiary/aromatic N) is 2. The Labute approximate surface area is 157 Å². The van der Waals surface area contributed by atoms with Gasteiger partial charge in [0.25, 0.3) is 0 Å². The summed E-state index contributed by atoms with van der Waals surface area (Å²) in [6.45, 7) is 0. The lowest BCUT2D eigenvalue weighted by Gasteiger charge is -2.09. The zero-order valence-electron chi connectivity index (χ0n) is 14.8. The van der Waals surface area contributed by atoms with Crippen molar-refractivity contribution >= 4 is 17.5 Å². The van der Waals surface area contributed by atoms with Crippen molar-refractivity contribution in [1.82, 2.24) is 9.97 Å². The van der Waals surface area contributed by atoms with Crippen molar-refractivity contribution in [2.24, 2.45) is 0 Å². The number of para-hydroxylation sites is 1. The fourth-order valence-electron chi connectivity index (χ4n) is 2.41. The molecule has 3 rings (SSSR count). The van der Waals surface area contributed by atoms with Crippen molar-refractivity contribution in [3.8, 4) is 17.6 Å². The van der Waals surface area contributed by atoms with E-state index in [0.717, 1.165) is 11.1 Å². The maximum absolute atomic E-state index is 12.3. The maximum Gasteiger partial charge on any atom is 0.228 e. The number of nitrogens with two attached hydrogens (primary N) is 1. The average molecular weight is 358 g/mol. The zero-order valence-corrected chi connectivity index (χ0v) is 14.8. The minimum Gasteiger partial charge on any atom is -0.496 e. The zero-order chi connectivity index (χ0) is 19.1. The summed E-state index contributed by atoms with van der Waals surface area (Å²) in [4.78, 5) is 20.0. The van der Waals surface area contributed by atoms with E-state index >= 15 is 0 Å². The number of carbonyl (C=O) groups excluding carboxylic acids is 1. The molecule has 0 aliphatic rings. The van der Waals surface area contributed by atoms with E-state index in [1.165, 1.54) is 0 Å². The van der Waals surface area contributed by atoms with Crippen molar-refractivity contribution in [1.29, 1.82) is 0 Å². The highest BCUT2D eigenvalue weighted by atomic mass is 16.5. The van der Waals surface area contributed by atoms with E-state index in [9.17, 15) is 4.79 Å². The third-order valence-corrected chi connectivity index (χ3v) is 3.74. The highest BCUT2D eigenvalue weighted by Gasteiger charge is 2.08. The number of methoxy groups -OCH3 is 1. The normalized spacial score (nSPS) is 9.81. The molecule has 0 aliphatic carbocycles. The summed E-state index contributed by atoms with van der Waals surface area (Å²) >= 11 is 0. The SMILES string of the molecule is COc1ccccc1CC(=O)Nc1ccc(C#Cc2cnc(N)nc2)cc1. The van der Waals surface area contributed by atoms with Crippen LogP contribution in [0.25, 0.3) is 0 Å². The molecule has 3 N–H and O–H groups in total. The molecule has 0 radical (unpaired) electrons. The van der Waals surface area contributed by atoms with Gasteiger partial charge in [0.2, 0.25) is 11.9 Å². The summed E-state index contributed by atoms with van der Waals surface area (Å²) in [5, 5.41) is 2.87. The van der Waals surface area contributed by atoms with Gasteiger partial charge in [0.1, 0.15) is 5.75 Å². The number of hydrogen-bond acceptors (Lipinski definition) is 5. The number of rotatable bonds is 4. The van der Waals surface area contributed by atoms with E-state index in [1.54, 1.807) is 19.5 Å². The minimum absolute atomic E-state index is 0.114. The van der Waals surface area contributed by atoms with Crippen LogP contribution in [0.1, 0.15) is 16.7 Å². The number of nitrogens with one attached hydrogen (secondary N) is 1. The second-order valence-electron chi connectivity index (χ2n) is 5.69. The van der Waals surface area contributed by atoms with Crippen LogP contribution in [0.3, 0.4) is 0 Å². The lowest BCUT2D eigenvalue weighted by Crippen LogP contribution is -2.14. The van der Waals surface area contributed by atoms with Gasteiger partial charge in [-0.3, -0.25) is 4.79 Å². The fraction of sp³-hybridized carbons (Fsp3) is 0.0952. The Morgan fingerprint density at radius 3 is 2.41 bits per heavy atom. The molecule has 134 valence electrons. The lowest BCUT2D eigenvalue weighted by molar-refractivity contribution is -0.115. The van der Waals surface area contributed by atoms with Crippen LogP contribution in [-0.2, 0) is 11.2 Å². The first-order chi connectivity index (χ1) is 13.1. The molecule has 6 nitrogen and oxygen atoms in total. The van der Waals surface area contributed by atoms with Gasteiger partial charge in [-0.15, -0.1) is 0 Å². The van der Waals surface area contributed by atoms with Crippen molar-refractivity contribution in [2.45, 2.75) is 6.42 Å². The predicted molar refractivity (Wildman–Crippen MR) is 104 cm³/mol. The quantitative estimate of drug-likeness (QED) is 0.700. The maximum atomic E-state index is 12.3. The van der Waals surface area contributed by atoms with Crippen LogP contribution in [0.5, 0.6) is 5.75 Å². The van der Waals surface area contributed by atoms with E-state index in [0.29, 0.717) is 17.0 Å². The van der Waals surface area contributed by atoms with Gasteiger partial charge in [0.05, 0.1) is 19.1 Å². The molecule has 0 saturated carbocycles. The first-order valence-electron chi connectivity index (χ1n) is 8.25. The summed E-state index contributed by atoms with van der Waals surface area (Å²) in [5.74, 6) is 6.78. The highest BCUT2D eigenvalue weighted by Crippen LogP contribution is 2.18. The first-order valence-corrected chi connectivity index (χ1v) is 8.25. The summed E-state index contributed by atoms with van der Waals surface area (Å²) in [6.07, 6.45) is 3.38. The van der Waals surface area contributed by atoms with E-state index in [4.69, 9.17) is 10.5 Å². The Morgan fingerprint density at radius 1 is 1.04 bits per heavy atom. The Hall–Kier alpha value is -3.85.